The maximum atomic E-state index is 13.5. The molecule has 0 bridgehead atoms. The van der Waals surface area contributed by atoms with Crippen LogP contribution in [0, 0.1) is 57.9 Å². The lowest BCUT2D eigenvalue weighted by molar-refractivity contribution is -0.133. The lowest BCUT2D eigenvalue weighted by atomic mass is 10.1. The molecule has 29 heteroatoms. The van der Waals surface area contributed by atoms with Crippen molar-refractivity contribution < 1.29 is 36.7 Å². The molecule has 0 atom stereocenters. The van der Waals surface area contributed by atoms with Gasteiger partial charge in [-0.05, 0) is 144 Å². The number of nitrogens with two attached hydrogens (primary N) is 1. The van der Waals surface area contributed by atoms with Crippen LogP contribution in [0.4, 0.5) is 22.7 Å². The molecule has 21 nitrogen and oxygen atoms in total. The Labute approximate surface area is 754 Å². The van der Waals surface area contributed by atoms with Gasteiger partial charge < -0.3 is 43.6 Å². The largest absolute Gasteiger partial charge is 0.375 e. The van der Waals surface area contributed by atoms with Gasteiger partial charge in [-0.3, -0.25) is 19.2 Å². The Balaban J connectivity index is 0.000000120. The molecule has 4 aliphatic rings. The highest BCUT2D eigenvalue weighted by atomic mass is 32.1. The Morgan fingerprint density at radius 1 is 0.297 bits per heavy atom. The van der Waals surface area contributed by atoms with E-state index in [-0.39, 0.29) is 73.1 Å². The number of hydrogen-bond acceptors (Lipinski definition) is 17. The van der Waals surface area contributed by atoms with Gasteiger partial charge in [0.2, 0.25) is 23.6 Å². The van der Waals surface area contributed by atoms with Crippen molar-refractivity contribution in [2.45, 2.75) is 112 Å². The normalized spacial score (nSPS) is 13.4. The van der Waals surface area contributed by atoms with Crippen LogP contribution in [0.15, 0.2) is 231 Å². The highest BCUT2D eigenvalue weighted by molar-refractivity contribution is 7.15. The summed E-state index contributed by atoms with van der Waals surface area (Å²) in [7, 11) is 0. The number of aromatic nitrogens is 12. The lowest BCUT2D eigenvalue weighted by Crippen LogP contribution is -2.35. The van der Waals surface area contributed by atoms with Crippen molar-refractivity contribution in [2.75, 3.05) is 45.0 Å². The summed E-state index contributed by atoms with van der Waals surface area (Å²) in [6.07, 6.45) is 12.2. The maximum absolute atomic E-state index is 13.5. The number of nitrogens with zero attached hydrogens (tertiary/aromatic N) is 16. The van der Waals surface area contributed by atoms with Gasteiger partial charge in [0.15, 0.2) is 5.13 Å². The zero-order valence-electron chi connectivity index (χ0n) is 71.2. The topological polar surface area (TPSA) is 230 Å². The van der Waals surface area contributed by atoms with E-state index in [4.69, 9.17) is 20.7 Å². The Bertz CT molecular complexity index is 6370. The molecule has 0 aliphatic carbocycles. The molecule has 128 heavy (non-hydrogen) atoms. The molecular formula is C99H91F4N17O4S4. The van der Waals surface area contributed by atoms with Crippen molar-refractivity contribution in [3.63, 3.8) is 0 Å². The Morgan fingerprint density at radius 2 is 0.586 bits per heavy atom. The van der Waals surface area contributed by atoms with Crippen LogP contribution in [0.1, 0.15) is 68.4 Å². The molecule has 4 amide bonds. The predicted molar refractivity (Wildman–Crippen MR) is 495 cm³/mol. The molecule has 12 heterocycles. The standard InChI is InChI=1S/C26H26N4OS.C25H22F2N4OS.C24H21F2N5OS.C24H22N4OS/c1-18-7-6-10-21(15-18)23-16-30(26(28-23)20-8-4-3-5-9-20)17-25(31)29-13-11-22-24(12-14-29)32-19(2)27-22;1-16-28-21-10-12-30(13-11-23(21)33-16)24(32)15-31-14-22(17-2-6-19(26)7-3-17)29-25(31)18-4-8-20(27)9-5-18;25-17-5-1-15(2-6-17)20-13-31(23(28-20)16-3-7-18(26)8-4-16)14-22(32)30-11-9-19-21(10-12-30)33-24(27)29-19;1-16-7-6-10-19(11-16)20-12-28(24(26-20)18-8-4-3-5-9-18)15-23(29)27-13-21-22(14-27)30-17(2)25-21/h3-10,15-16H,11-14,17H2,1-2H3;2-9,14H,10-13,15H2,1H3;1-8,13H,9-12,14H2,(H2,27,29);3-12H,13-15H2,1-2H3. The van der Waals surface area contributed by atoms with Gasteiger partial charge in [0.1, 0.15) is 72.7 Å². The second-order valence-electron chi connectivity index (χ2n) is 31.9. The first-order valence-electron chi connectivity index (χ1n) is 42.3. The lowest BCUT2D eigenvalue weighted by Gasteiger charge is -2.21. The summed E-state index contributed by atoms with van der Waals surface area (Å²) >= 11 is 6.62. The minimum Gasteiger partial charge on any atom is -0.375 e. The predicted octanol–water partition coefficient (Wildman–Crippen LogP) is 18.8. The van der Waals surface area contributed by atoms with E-state index < -0.39 is 0 Å². The van der Waals surface area contributed by atoms with Crippen molar-refractivity contribution in [1.29, 1.82) is 0 Å². The third kappa shape index (κ3) is 20.6. The fraction of sp³-hybridized carbons (Fsp3) is 0.232. The van der Waals surface area contributed by atoms with Crippen LogP contribution in [0.5, 0.6) is 0 Å². The molecule has 8 aromatic heterocycles. The van der Waals surface area contributed by atoms with E-state index in [9.17, 15) is 36.7 Å². The zero-order chi connectivity index (χ0) is 88.6. The highest BCUT2D eigenvalue weighted by Gasteiger charge is 2.31. The fourth-order valence-corrected chi connectivity index (χ4v) is 20.1. The van der Waals surface area contributed by atoms with Crippen LogP contribution >= 0.6 is 45.3 Å². The molecule has 2 N–H and O–H groups in total. The number of nitrogen functional groups attached to an aromatic ring is 1. The maximum Gasteiger partial charge on any atom is 0.243 e. The second kappa shape index (κ2) is 38.8. The number of anilines is 1. The van der Waals surface area contributed by atoms with E-state index >= 15 is 0 Å². The van der Waals surface area contributed by atoms with E-state index in [0.717, 1.165) is 144 Å². The number of halogens is 4. The van der Waals surface area contributed by atoms with Gasteiger partial charge in [0, 0.05) is 167 Å². The molecule has 648 valence electrons. The number of carbonyl (C=O) groups is 4. The fourth-order valence-electron chi connectivity index (χ4n) is 16.3. The molecule has 16 aromatic rings. The second-order valence-corrected chi connectivity index (χ2v) is 36.9. The Hall–Kier alpha value is -13.5. The Morgan fingerprint density at radius 3 is 0.938 bits per heavy atom. The molecule has 0 saturated carbocycles. The van der Waals surface area contributed by atoms with Gasteiger partial charge in [-0.2, -0.15) is 0 Å². The molecule has 0 unspecified atom stereocenters. The summed E-state index contributed by atoms with van der Waals surface area (Å²) < 4.78 is 61.3. The van der Waals surface area contributed by atoms with E-state index in [1.165, 1.54) is 85.6 Å². The average molecular weight is 1790 g/mol. The summed E-state index contributed by atoms with van der Waals surface area (Å²) in [6, 6.07) is 60.8. The van der Waals surface area contributed by atoms with Crippen molar-refractivity contribution in [3.05, 3.63) is 323 Å². The molecule has 0 saturated heterocycles. The molecule has 4 aliphatic heterocycles. The van der Waals surface area contributed by atoms with Gasteiger partial charge in [0.25, 0.3) is 0 Å². The minimum atomic E-state index is -0.349. The van der Waals surface area contributed by atoms with Crippen LogP contribution in [0.3, 0.4) is 0 Å². The summed E-state index contributed by atoms with van der Waals surface area (Å²) in [5.41, 5.74) is 22.5. The number of rotatable bonds is 16. The van der Waals surface area contributed by atoms with E-state index in [1.54, 1.807) is 104 Å². The quantitative estimate of drug-likeness (QED) is 0.0888. The van der Waals surface area contributed by atoms with Crippen molar-refractivity contribution in [3.8, 4) is 90.6 Å². The third-order valence-electron chi connectivity index (χ3n) is 22.7. The number of amides is 4. The van der Waals surface area contributed by atoms with Crippen LogP contribution in [-0.2, 0) is 97.0 Å². The summed E-state index contributed by atoms with van der Waals surface area (Å²) in [4.78, 5) is 103. The Kier molecular flexibility index (Phi) is 26.2. The monoisotopic (exact) mass is 1790 g/mol. The first-order chi connectivity index (χ1) is 62.0. The molecule has 0 radical (unpaired) electrons. The molecule has 20 rings (SSSR count). The number of fused-ring (bicyclic) bond motifs is 4. The third-order valence-corrected chi connectivity index (χ3v) is 26.9. The number of aryl methyl sites for hydroxylation is 5. The van der Waals surface area contributed by atoms with Crippen molar-refractivity contribution in [2.24, 2.45) is 0 Å². The number of carbonyl (C=O) groups excluding carboxylic acids is 4. The summed E-state index contributed by atoms with van der Waals surface area (Å²) in [5.74, 6) is 1.56. The van der Waals surface area contributed by atoms with Crippen LogP contribution in [0.2, 0.25) is 0 Å². The average Bonchev–Trinajstić information content (AvgIpc) is 1.66. The van der Waals surface area contributed by atoms with E-state index in [1.807, 2.05) is 128 Å². The first-order valence-corrected chi connectivity index (χ1v) is 45.6. The molecule has 0 fully saturated rings. The molecule has 0 spiro atoms. The van der Waals surface area contributed by atoms with Gasteiger partial charge in [-0.15, -0.1) is 45.3 Å². The van der Waals surface area contributed by atoms with Gasteiger partial charge in [-0.1, -0.05) is 108 Å². The van der Waals surface area contributed by atoms with Crippen molar-refractivity contribution in [1.82, 2.24) is 77.7 Å². The van der Waals surface area contributed by atoms with Crippen LogP contribution in [0.25, 0.3) is 90.6 Å². The van der Waals surface area contributed by atoms with Crippen LogP contribution in [-0.4, -0.2) is 141 Å². The highest BCUT2D eigenvalue weighted by Crippen LogP contribution is 2.35. The zero-order valence-corrected chi connectivity index (χ0v) is 74.4. The summed E-state index contributed by atoms with van der Waals surface area (Å²) in [5, 5.41) is 3.81. The molecular weight excluding hydrogens is 1700 g/mol. The number of hydrogen-bond donors (Lipinski definition) is 1. The van der Waals surface area contributed by atoms with Gasteiger partial charge >= 0.3 is 0 Å². The van der Waals surface area contributed by atoms with E-state index in [0.29, 0.717) is 85.0 Å². The van der Waals surface area contributed by atoms with Crippen molar-refractivity contribution >= 4 is 74.1 Å². The SMILES string of the molecule is Cc1cccc(-c2cn(CC(=O)N3CCc4nc(C)sc4CC3)c(-c3ccccc3)n2)c1.Cc1cccc(-c2cn(CC(=O)N3Cc4nc(C)sc4C3)c(-c3ccccc3)n2)c1.Cc1nc2c(s1)CCN(C(=O)Cn1cc(-c3ccc(F)cc3)nc1-c1ccc(F)cc1)CC2.Nc1nc2c(s1)CCN(C(=O)Cn1cc(-c3ccc(F)cc3)nc1-c1ccc(F)cc1)CC2. The molecule has 8 aromatic carbocycles. The van der Waals surface area contributed by atoms with Gasteiger partial charge in [-0.25, -0.2) is 57.4 Å². The first kappa shape index (κ1) is 86.6. The smallest absolute Gasteiger partial charge is 0.243 e. The summed E-state index contributed by atoms with van der Waals surface area (Å²) in [6.45, 7) is 16.1. The number of thiazole rings is 4. The number of benzene rings is 8. The van der Waals surface area contributed by atoms with Gasteiger partial charge in [0.05, 0.1) is 73.7 Å². The minimum absolute atomic E-state index is 0.00621. The van der Waals surface area contributed by atoms with Crippen LogP contribution < -0.4 is 5.73 Å². The van der Waals surface area contributed by atoms with E-state index in [2.05, 4.69) is 82.1 Å². The number of imidazole rings is 4.